The molecular formula is C28H27F6N5O. The van der Waals surface area contributed by atoms with E-state index in [1.54, 1.807) is 0 Å². The van der Waals surface area contributed by atoms with Crippen LogP contribution in [0.15, 0.2) is 42.7 Å². The van der Waals surface area contributed by atoms with Gasteiger partial charge in [-0.25, -0.2) is 13.2 Å². The van der Waals surface area contributed by atoms with Crippen LogP contribution in [0, 0.1) is 0 Å². The van der Waals surface area contributed by atoms with Gasteiger partial charge in [0.15, 0.2) is 12.0 Å². The first-order chi connectivity index (χ1) is 18.9. The summed E-state index contributed by atoms with van der Waals surface area (Å²) in [5.74, 6) is -3.81. The third kappa shape index (κ3) is 4.46. The highest BCUT2D eigenvalue weighted by atomic mass is 19.4. The summed E-state index contributed by atoms with van der Waals surface area (Å²) in [5.41, 5.74) is -1.78. The molecule has 1 amide bonds. The topological polar surface area (TPSA) is 54.3 Å². The number of carbonyl (C=O) groups is 1. The monoisotopic (exact) mass is 563 g/mol. The molecule has 3 aromatic rings. The normalized spacial score (nSPS) is 21.0. The van der Waals surface area contributed by atoms with Crippen molar-refractivity contribution >= 4 is 11.6 Å². The van der Waals surface area contributed by atoms with Gasteiger partial charge in [0.2, 0.25) is 5.92 Å². The fraction of sp³-hybridized carbons (Fsp3) is 0.464. The van der Waals surface area contributed by atoms with Gasteiger partial charge in [-0.3, -0.25) is 9.69 Å². The van der Waals surface area contributed by atoms with Crippen molar-refractivity contribution in [3.05, 3.63) is 76.4 Å². The van der Waals surface area contributed by atoms with Crippen LogP contribution in [0.1, 0.15) is 70.3 Å². The standard InChI is InChI=1S/C28H27F6N5O/c1-37-16-35-36-24(37)23(29)26(14-27(30,31)15-26)18-5-4-6-19(11-18)39-13-21-20(25(39)40)9-17(10-22(21)28(32,33)34)12-38-7-2-3-8-38/h4-6,9-11,16,23H,2-3,7-8,12-15H2,1H3/t23-/m0/s1. The number of aryl methyl sites for hydroxylation is 1. The molecule has 1 aromatic heterocycles. The van der Waals surface area contributed by atoms with E-state index in [2.05, 4.69) is 15.1 Å². The third-order valence-corrected chi connectivity index (χ3v) is 8.35. The second-order valence-corrected chi connectivity index (χ2v) is 11.1. The number of aromatic nitrogens is 3. The summed E-state index contributed by atoms with van der Waals surface area (Å²) < 4.78 is 88.0. The van der Waals surface area contributed by atoms with Crippen molar-refractivity contribution < 1.29 is 31.1 Å². The number of benzene rings is 2. The Morgan fingerprint density at radius 3 is 2.42 bits per heavy atom. The lowest BCUT2D eigenvalue weighted by Crippen LogP contribution is -2.52. The minimum Gasteiger partial charge on any atom is -0.318 e. The highest BCUT2D eigenvalue weighted by Gasteiger charge is 2.62. The largest absolute Gasteiger partial charge is 0.416 e. The third-order valence-electron chi connectivity index (χ3n) is 8.35. The number of fused-ring (bicyclic) bond motifs is 1. The average molecular weight is 564 g/mol. The van der Waals surface area contributed by atoms with Crippen LogP contribution in [-0.2, 0) is 31.7 Å². The molecule has 3 aliphatic rings. The molecule has 6 rings (SSSR count). The summed E-state index contributed by atoms with van der Waals surface area (Å²) in [6.07, 6.45) is -4.89. The van der Waals surface area contributed by atoms with E-state index in [-0.39, 0.29) is 34.7 Å². The van der Waals surface area contributed by atoms with Crippen molar-refractivity contribution in [3.8, 4) is 0 Å². The number of hydrogen-bond donors (Lipinski definition) is 0. The number of hydrogen-bond acceptors (Lipinski definition) is 4. The van der Waals surface area contributed by atoms with E-state index in [1.165, 1.54) is 53.2 Å². The Bertz CT molecular complexity index is 1450. The molecule has 0 spiro atoms. The Morgan fingerprint density at radius 2 is 1.80 bits per heavy atom. The Morgan fingerprint density at radius 1 is 1.07 bits per heavy atom. The maximum atomic E-state index is 15.9. The molecule has 2 aromatic carbocycles. The number of nitrogens with zero attached hydrogens (tertiary/aromatic N) is 5. The first kappa shape index (κ1) is 26.8. The van der Waals surface area contributed by atoms with Crippen molar-refractivity contribution in [1.29, 1.82) is 0 Å². The van der Waals surface area contributed by atoms with E-state index >= 15 is 4.39 Å². The highest BCUT2D eigenvalue weighted by molar-refractivity contribution is 6.10. The molecule has 0 radical (unpaired) electrons. The summed E-state index contributed by atoms with van der Waals surface area (Å²) >= 11 is 0. The van der Waals surface area contributed by atoms with Crippen molar-refractivity contribution in [2.75, 3.05) is 18.0 Å². The predicted octanol–water partition coefficient (Wildman–Crippen LogP) is 5.97. The summed E-state index contributed by atoms with van der Waals surface area (Å²) in [4.78, 5) is 16.8. The average Bonchev–Trinajstić information content (AvgIpc) is 3.62. The van der Waals surface area contributed by atoms with Gasteiger partial charge in [-0.15, -0.1) is 10.2 Å². The van der Waals surface area contributed by atoms with E-state index in [9.17, 15) is 26.7 Å². The molecule has 2 aliphatic heterocycles. The fourth-order valence-electron chi connectivity index (χ4n) is 6.37. The zero-order valence-corrected chi connectivity index (χ0v) is 21.7. The van der Waals surface area contributed by atoms with Crippen molar-refractivity contribution in [3.63, 3.8) is 0 Å². The molecule has 0 N–H and O–H groups in total. The number of likely N-dealkylation sites (tertiary alicyclic amines) is 1. The van der Waals surface area contributed by atoms with Crippen LogP contribution < -0.4 is 4.90 Å². The molecule has 0 bridgehead atoms. The highest BCUT2D eigenvalue weighted by Crippen LogP contribution is 2.60. The first-order valence-electron chi connectivity index (χ1n) is 13.1. The molecule has 40 heavy (non-hydrogen) atoms. The van der Waals surface area contributed by atoms with Crippen LogP contribution in [-0.4, -0.2) is 44.6 Å². The lowest BCUT2D eigenvalue weighted by atomic mass is 9.59. The lowest BCUT2D eigenvalue weighted by Gasteiger charge is -2.49. The number of rotatable bonds is 6. The quantitative estimate of drug-likeness (QED) is 0.347. The van der Waals surface area contributed by atoms with E-state index in [0.29, 0.717) is 12.1 Å². The summed E-state index contributed by atoms with van der Waals surface area (Å²) in [6, 6.07) is 8.60. The smallest absolute Gasteiger partial charge is 0.318 e. The van der Waals surface area contributed by atoms with Crippen molar-refractivity contribution in [2.24, 2.45) is 7.05 Å². The second kappa shape index (κ2) is 9.32. The molecular weight excluding hydrogens is 536 g/mol. The minimum atomic E-state index is -4.66. The van der Waals surface area contributed by atoms with Gasteiger partial charge < -0.3 is 9.47 Å². The molecule has 212 valence electrons. The number of halogens is 6. The van der Waals surface area contributed by atoms with Crippen LogP contribution in [0.2, 0.25) is 0 Å². The molecule has 2 fully saturated rings. The maximum absolute atomic E-state index is 15.9. The van der Waals surface area contributed by atoms with Gasteiger partial charge in [0.1, 0.15) is 6.33 Å². The van der Waals surface area contributed by atoms with Gasteiger partial charge in [0, 0.05) is 43.1 Å². The van der Waals surface area contributed by atoms with E-state index in [1.807, 2.05) is 0 Å². The fourth-order valence-corrected chi connectivity index (χ4v) is 6.37. The number of carbonyl (C=O) groups excluding carboxylic acids is 1. The maximum Gasteiger partial charge on any atom is 0.416 e. The van der Waals surface area contributed by atoms with E-state index in [4.69, 9.17) is 0 Å². The van der Waals surface area contributed by atoms with Crippen LogP contribution in [0.3, 0.4) is 0 Å². The first-order valence-corrected chi connectivity index (χ1v) is 13.1. The zero-order valence-electron chi connectivity index (χ0n) is 21.7. The predicted molar refractivity (Wildman–Crippen MR) is 134 cm³/mol. The van der Waals surface area contributed by atoms with Crippen LogP contribution >= 0.6 is 0 Å². The van der Waals surface area contributed by atoms with Crippen LogP contribution in [0.5, 0.6) is 0 Å². The summed E-state index contributed by atoms with van der Waals surface area (Å²) in [7, 11) is 1.51. The minimum absolute atomic E-state index is 0.0261. The number of amides is 1. The molecule has 3 heterocycles. The van der Waals surface area contributed by atoms with Crippen molar-refractivity contribution in [1.82, 2.24) is 19.7 Å². The summed E-state index contributed by atoms with van der Waals surface area (Å²) in [6.45, 7) is 1.56. The molecule has 1 saturated carbocycles. The van der Waals surface area contributed by atoms with Gasteiger partial charge in [0.25, 0.3) is 5.91 Å². The SMILES string of the molecule is Cn1cnnc1[C@H](F)C1(c2cccc(N3Cc4c(cc(CN5CCCC5)cc4C(F)(F)F)C3=O)c2)CC(F)(F)C1. The molecule has 12 heteroatoms. The van der Waals surface area contributed by atoms with Crippen molar-refractivity contribution in [2.45, 2.75) is 62.5 Å². The summed E-state index contributed by atoms with van der Waals surface area (Å²) in [5, 5.41) is 7.44. The van der Waals surface area contributed by atoms with Gasteiger partial charge in [0.05, 0.1) is 12.1 Å². The van der Waals surface area contributed by atoms with Crippen LogP contribution in [0.4, 0.5) is 32.0 Å². The zero-order chi connectivity index (χ0) is 28.4. The molecule has 6 nitrogen and oxygen atoms in total. The van der Waals surface area contributed by atoms with Gasteiger partial charge in [-0.1, -0.05) is 12.1 Å². The molecule has 0 unspecified atom stereocenters. The Balaban J connectivity index is 1.36. The van der Waals surface area contributed by atoms with Gasteiger partial charge in [-0.2, -0.15) is 13.2 Å². The lowest BCUT2D eigenvalue weighted by molar-refractivity contribution is -0.151. The van der Waals surface area contributed by atoms with Crippen LogP contribution in [0.25, 0.3) is 0 Å². The van der Waals surface area contributed by atoms with Gasteiger partial charge in [-0.05, 0) is 66.9 Å². The number of alkyl halides is 6. The van der Waals surface area contributed by atoms with E-state index < -0.39 is 48.0 Å². The Labute approximate surface area is 226 Å². The molecule has 1 atom stereocenters. The molecule has 1 aliphatic carbocycles. The number of anilines is 1. The van der Waals surface area contributed by atoms with E-state index in [0.717, 1.165) is 32.0 Å². The second-order valence-electron chi connectivity index (χ2n) is 11.1. The Kier molecular flexibility index (Phi) is 6.24. The van der Waals surface area contributed by atoms with Gasteiger partial charge >= 0.3 is 6.18 Å². The molecule has 1 saturated heterocycles. The Hall–Kier alpha value is -3.41.